The van der Waals surface area contributed by atoms with E-state index in [0.717, 1.165) is 0 Å². The van der Waals surface area contributed by atoms with Crippen molar-refractivity contribution < 1.29 is 0 Å². The number of hydrogen-bond acceptors (Lipinski definition) is 2. The van der Waals surface area contributed by atoms with Gasteiger partial charge < -0.3 is 9.80 Å². The summed E-state index contributed by atoms with van der Waals surface area (Å²) in [4.78, 5) is 5.32. The third-order valence-electron chi connectivity index (χ3n) is 15.7. The number of nitrogens with zero attached hydrogens (tertiary/aromatic N) is 2. The van der Waals surface area contributed by atoms with Crippen LogP contribution in [0.15, 0.2) is 164 Å². The van der Waals surface area contributed by atoms with Crippen molar-refractivity contribution in [1.29, 1.82) is 0 Å². The highest BCUT2D eigenvalue weighted by Gasteiger charge is 2.48. The lowest BCUT2D eigenvalue weighted by Gasteiger charge is -2.48. The molecular formula is C61H55BN2. The Bertz CT molecular complexity index is 3230. The van der Waals surface area contributed by atoms with Gasteiger partial charge >= 0.3 is 0 Å². The minimum Gasteiger partial charge on any atom is -0.311 e. The van der Waals surface area contributed by atoms with Crippen LogP contribution in [-0.2, 0) is 16.2 Å². The van der Waals surface area contributed by atoms with E-state index in [1.54, 1.807) is 0 Å². The molecule has 312 valence electrons. The molecule has 0 bridgehead atoms. The van der Waals surface area contributed by atoms with Gasteiger partial charge in [-0.1, -0.05) is 169 Å². The van der Waals surface area contributed by atoms with Gasteiger partial charge in [-0.3, -0.25) is 0 Å². The second-order valence-corrected chi connectivity index (χ2v) is 20.9. The molecule has 8 aromatic carbocycles. The van der Waals surface area contributed by atoms with Crippen LogP contribution in [0.4, 0.5) is 34.1 Å². The molecule has 0 radical (unpaired) electrons. The summed E-state index contributed by atoms with van der Waals surface area (Å²) in [6, 6.07) is 62.6. The molecule has 0 fully saturated rings. The predicted octanol–water partition coefficient (Wildman–Crippen LogP) is 14.4. The zero-order chi connectivity index (χ0) is 43.9. The van der Waals surface area contributed by atoms with Crippen LogP contribution in [0.5, 0.6) is 0 Å². The van der Waals surface area contributed by atoms with Gasteiger partial charge in [0.25, 0.3) is 6.71 Å². The van der Waals surface area contributed by atoms with Crippen molar-refractivity contribution in [3.05, 3.63) is 197 Å². The average molecular weight is 827 g/mol. The van der Waals surface area contributed by atoms with Crippen molar-refractivity contribution >= 4 is 57.2 Å². The summed E-state index contributed by atoms with van der Waals surface area (Å²) >= 11 is 0. The van der Waals surface area contributed by atoms with Gasteiger partial charge in [0.15, 0.2) is 0 Å². The van der Waals surface area contributed by atoms with Crippen LogP contribution < -0.4 is 26.2 Å². The molecule has 0 N–H and O–H groups in total. The van der Waals surface area contributed by atoms with Gasteiger partial charge in [0.05, 0.1) is 5.69 Å². The Labute approximate surface area is 380 Å². The van der Waals surface area contributed by atoms with E-state index in [1.165, 1.54) is 130 Å². The Morgan fingerprint density at radius 3 is 1.62 bits per heavy atom. The lowest BCUT2D eigenvalue weighted by Crippen LogP contribution is -2.62. The van der Waals surface area contributed by atoms with Crippen molar-refractivity contribution in [2.45, 2.75) is 84.5 Å². The summed E-state index contributed by atoms with van der Waals surface area (Å²) in [5.74, 6) is 0. The lowest BCUT2D eigenvalue weighted by molar-refractivity contribution is 0.332. The van der Waals surface area contributed by atoms with E-state index in [1.807, 2.05) is 0 Å². The van der Waals surface area contributed by atoms with Crippen molar-refractivity contribution in [2.75, 3.05) is 9.80 Å². The van der Waals surface area contributed by atoms with Crippen LogP contribution in [0.25, 0.3) is 33.4 Å². The fraction of sp³-hybridized carbons (Fsp3) is 0.213. The fourth-order valence-corrected chi connectivity index (χ4v) is 12.1. The minimum atomic E-state index is -0.127. The summed E-state index contributed by atoms with van der Waals surface area (Å²) in [6.07, 6.45) is 2.33. The highest BCUT2D eigenvalue weighted by atomic mass is 15.2. The maximum Gasteiger partial charge on any atom is 0.252 e. The number of fused-ring (bicyclic) bond motifs is 8. The van der Waals surface area contributed by atoms with Gasteiger partial charge in [-0.25, -0.2) is 0 Å². The summed E-state index contributed by atoms with van der Waals surface area (Å²) < 4.78 is 0. The molecular weight excluding hydrogens is 771 g/mol. The molecule has 0 aromatic heterocycles. The Kier molecular flexibility index (Phi) is 8.37. The van der Waals surface area contributed by atoms with Crippen LogP contribution in [0.2, 0.25) is 0 Å². The molecule has 2 aliphatic heterocycles. The Morgan fingerprint density at radius 1 is 0.406 bits per heavy atom. The molecule has 0 spiro atoms. The second-order valence-electron chi connectivity index (χ2n) is 20.9. The molecule has 2 aliphatic carbocycles. The monoisotopic (exact) mass is 826 g/mol. The Balaban J connectivity index is 1.21. The topological polar surface area (TPSA) is 6.48 Å². The Morgan fingerprint density at radius 2 is 0.953 bits per heavy atom. The highest BCUT2D eigenvalue weighted by molar-refractivity contribution is 7.00. The summed E-state index contributed by atoms with van der Waals surface area (Å²) in [7, 11) is 0. The highest BCUT2D eigenvalue weighted by Crippen LogP contribution is 2.56. The molecule has 3 heteroatoms. The molecule has 2 nitrogen and oxygen atoms in total. The average Bonchev–Trinajstić information content (AvgIpc) is 3.54. The molecule has 2 heterocycles. The summed E-state index contributed by atoms with van der Waals surface area (Å²) in [5.41, 5.74) is 27.5. The zero-order valence-corrected chi connectivity index (χ0v) is 38.5. The van der Waals surface area contributed by atoms with E-state index in [2.05, 4.69) is 229 Å². The Hall–Kier alpha value is -6.58. The van der Waals surface area contributed by atoms with Crippen LogP contribution >= 0.6 is 0 Å². The maximum atomic E-state index is 2.66. The van der Waals surface area contributed by atoms with Crippen LogP contribution in [0.3, 0.4) is 0 Å². The van der Waals surface area contributed by atoms with Gasteiger partial charge in [-0.2, -0.15) is 0 Å². The van der Waals surface area contributed by atoms with E-state index in [-0.39, 0.29) is 23.0 Å². The van der Waals surface area contributed by atoms with Crippen LogP contribution in [0, 0.1) is 13.8 Å². The number of anilines is 6. The first kappa shape index (κ1) is 39.0. The van der Waals surface area contributed by atoms with Gasteiger partial charge in [0.2, 0.25) is 0 Å². The van der Waals surface area contributed by atoms with Gasteiger partial charge in [-0.05, 0) is 152 Å². The van der Waals surface area contributed by atoms with Crippen LogP contribution in [-0.4, -0.2) is 6.71 Å². The molecule has 8 aromatic rings. The quantitative estimate of drug-likeness (QED) is 0.163. The second kappa shape index (κ2) is 13.7. The van der Waals surface area contributed by atoms with Gasteiger partial charge in [0, 0.05) is 39.4 Å². The van der Waals surface area contributed by atoms with E-state index in [9.17, 15) is 0 Å². The van der Waals surface area contributed by atoms with Crippen molar-refractivity contribution in [1.82, 2.24) is 0 Å². The van der Waals surface area contributed by atoms with Gasteiger partial charge in [0.1, 0.15) is 0 Å². The zero-order valence-electron chi connectivity index (χ0n) is 38.5. The maximum absolute atomic E-state index is 2.66. The van der Waals surface area contributed by atoms with Crippen molar-refractivity contribution in [2.24, 2.45) is 0 Å². The first-order chi connectivity index (χ1) is 30.8. The molecule has 0 amide bonds. The van der Waals surface area contributed by atoms with Crippen molar-refractivity contribution in [3.8, 4) is 33.4 Å². The SMILES string of the molecule is Cc1cc2c3c(c1)N(c1cccc4c1-c1ccccc1C4(C)C)c1cc(-c4ccccc4)ccc1B3c1cc3c(cc1N2c1cc(-c2ccccc2)ccc1C)C(C)(C)CCC3(C)C. The first-order valence-corrected chi connectivity index (χ1v) is 23.3. The molecule has 0 saturated heterocycles. The molecule has 0 saturated carbocycles. The van der Waals surface area contributed by atoms with E-state index in [0.29, 0.717) is 0 Å². The molecule has 0 unspecified atom stereocenters. The third-order valence-corrected chi connectivity index (χ3v) is 15.7. The smallest absolute Gasteiger partial charge is 0.252 e. The summed E-state index contributed by atoms with van der Waals surface area (Å²) in [6.45, 7) is 19.3. The summed E-state index contributed by atoms with van der Waals surface area (Å²) in [5, 5.41) is 0. The lowest BCUT2D eigenvalue weighted by atomic mass is 9.33. The molecule has 64 heavy (non-hydrogen) atoms. The number of benzene rings is 8. The fourth-order valence-electron chi connectivity index (χ4n) is 12.1. The number of rotatable bonds is 4. The first-order valence-electron chi connectivity index (χ1n) is 23.3. The van der Waals surface area contributed by atoms with Crippen LogP contribution in [0.1, 0.15) is 87.8 Å². The number of aryl methyl sites for hydroxylation is 2. The minimum absolute atomic E-state index is 0.0252. The van der Waals surface area contributed by atoms with Crippen molar-refractivity contribution in [3.63, 3.8) is 0 Å². The van der Waals surface area contributed by atoms with E-state index < -0.39 is 0 Å². The molecule has 0 atom stereocenters. The largest absolute Gasteiger partial charge is 0.311 e. The van der Waals surface area contributed by atoms with E-state index in [4.69, 9.17) is 0 Å². The molecule has 12 rings (SSSR count). The normalized spacial score (nSPS) is 16.6. The predicted molar refractivity (Wildman–Crippen MR) is 274 cm³/mol. The third kappa shape index (κ3) is 5.59. The number of hydrogen-bond donors (Lipinski definition) is 0. The standard InChI is InChI=1S/C61H55BN2/c1-38-32-55-58-56(33-38)64(52-34-42(27-26-39(52)2)40-18-11-9-12-19-40)54-37-48-47(59(3,4)30-31-60(48,5)6)36-50(54)62(58)49-29-28-43(41-20-13-10-14-21-41)35-53(49)63(55)51-25-17-24-46-57(51)44-22-15-16-23-45(44)61(46,7)8/h9-29,32-37H,30-31H2,1-8H3. The van der Waals surface area contributed by atoms with Gasteiger partial charge in [-0.15, -0.1) is 0 Å². The molecule has 4 aliphatic rings. The van der Waals surface area contributed by atoms with E-state index >= 15 is 0 Å².